The van der Waals surface area contributed by atoms with Crippen molar-refractivity contribution >= 4 is 28.6 Å². The van der Waals surface area contributed by atoms with Crippen LogP contribution in [0.1, 0.15) is 11.1 Å². The molecule has 0 aliphatic carbocycles. The van der Waals surface area contributed by atoms with E-state index in [4.69, 9.17) is 18.6 Å². The minimum absolute atomic E-state index is 0.0200. The summed E-state index contributed by atoms with van der Waals surface area (Å²) in [4.78, 5) is 23.6. The van der Waals surface area contributed by atoms with Gasteiger partial charge in [-0.2, -0.15) is 0 Å². The molecule has 4 aromatic rings. The van der Waals surface area contributed by atoms with Crippen LogP contribution in [0.4, 0.5) is 5.69 Å². The lowest BCUT2D eigenvalue weighted by Crippen LogP contribution is -2.04. The summed E-state index contributed by atoms with van der Waals surface area (Å²) < 4.78 is 21.8. The zero-order chi connectivity index (χ0) is 24.2. The summed E-state index contributed by atoms with van der Waals surface area (Å²) in [6.07, 6.45) is 3.49. The van der Waals surface area contributed by atoms with Gasteiger partial charge in [-0.1, -0.05) is 18.2 Å². The number of nitro benzene ring substituents is 1. The Morgan fingerprint density at radius 1 is 0.853 bits per heavy atom. The van der Waals surface area contributed by atoms with Gasteiger partial charge in [0.15, 0.2) is 11.5 Å². The Bertz CT molecular complexity index is 1450. The summed E-state index contributed by atoms with van der Waals surface area (Å²) in [5.74, 6) is 1.85. The predicted molar refractivity (Wildman–Crippen MR) is 130 cm³/mol. The van der Waals surface area contributed by atoms with Crippen molar-refractivity contribution in [2.45, 2.75) is 0 Å². The fourth-order valence-electron chi connectivity index (χ4n) is 3.64. The van der Waals surface area contributed by atoms with E-state index in [0.717, 1.165) is 0 Å². The standard InChI is InChI=1S/C26H21NO7/c1-31-19-10-8-17(9-11-19)25-20(12-7-16-5-4-6-18(13-16)27(29)30)21-14-23(32-2)24(33-3)15-22(21)26(28)34-25/h4-15H,1-3H3. The number of rotatable bonds is 7. The molecule has 1 aromatic heterocycles. The molecule has 0 spiro atoms. The van der Waals surface area contributed by atoms with Crippen LogP contribution in [0.2, 0.25) is 0 Å². The molecule has 0 N–H and O–H groups in total. The van der Waals surface area contributed by atoms with Gasteiger partial charge in [-0.25, -0.2) is 4.79 Å². The number of non-ortho nitro benzene ring substituents is 1. The number of fused-ring (bicyclic) bond motifs is 1. The van der Waals surface area contributed by atoms with Crippen LogP contribution >= 0.6 is 0 Å². The SMILES string of the molecule is COc1ccc(-c2oc(=O)c3cc(OC)c(OC)cc3c2C=Cc2cccc([N+](=O)[O-])c2)cc1. The first-order valence-electron chi connectivity index (χ1n) is 10.2. The van der Waals surface area contributed by atoms with Crippen molar-refractivity contribution < 1.29 is 23.6 Å². The molecule has 0 atom stereocenters. The molecule has 8 heteroatoms. The molecule has 34 heavy (non-hydrogen) atoms. The summed E-state index contributed by atoms with van der Waals surface area (Å²) in [5.41, 5.74) is 1.33. The number of nitro groups is 1. The quantitative estimate of drug-likeness (QED) is 0.263. The van der Waals surface area contributed by atoms with Gasteiger partial charge in [-0.3, -0.25) is 10.1 Å². The lowest BCUT2D eigenvalue weighted by molar-refractivity contribution is -0.384. The van der Waals surface area contributed by atoms with E-state index in [2.05, 4.69) is 0 Å². The predicted octanol–water partition coefficient (Wildman–Crippen LogP) is 5.56. The van der Waals surface area contributed by atoms with Gasteiger partial charge in [0.25, 0.3) is 5.69 Å². The van der Waals surface area contributed by atoms with E-state index in [0.29, 0.717) is 50.5 Å². The maximum Gasteiger partial charge on any atom is 0.344 e. The summed E-state index contributed by atoms with van der Waals surface area (Å²) in [7, 11) is 4.57. The number of benzene rings is 3. The van der Waals surface area contributed by atoms with Gasteiger partial charge in [0, 0.05) is 28.6 Å². The van der Waals surface area contributed by atoms with Crippen molar-refractivity contribution in [2.75, 3.05) is 21.3 Å². The van der Waals surface area contributed by atoms with E-state index >= 15 is 0 Å². The van der Waals surface area contributed by atoms with Crippen molar-refractivity contribution in [3.05, 3.63) is 92.3 Å². The average molecular weight is 459 g/mol. The Hall–Kier alpha value is -4.59. The molecule has 0 amide bonds. The number of methoxy groups -OCH3 is 3. The molecular formula is C26H21NO7. The van der Waals surface area contributed by atoms with Crippen molar-refractivity contribution in [3.63, 3.8) is 0 Å². The van der Waals surface area contributed by atoms with Gasteiger partial charge >= 0.3 is 5.63 Å². The molecule has 1 heterocycles. The van der Waals surface area contributed by atoms with Gasteiger partial charge in [0.05, 0.1) is 31.6 Å². The highest BCUT2D eigenvalue weighted by atomic mass is 16.6. The van der Waals surface area contributed by atoms with Gasteiger partial charge in [0.2, 0.25) is 0 Å². The molecule has 0 fully saturated rings. The Kier molecular flexibility index (Phi) is 6.31. The second-order valence-corrected chi connectivity index (χ2v) is 7.30. The van der Waals surface area contributed by atoms with Crippen LogP contribution in [-0.4, -0.2) is 26.3 Å². The highest BCUT2D eigenvalue weighted by Gasteiger charge is 2.18. The zero-order valence-corrected chi connectivity index (χ0v) is 18.7. The summed E-state index contributed by atoms with van der Waals surface area (Å²) in [6.45, 7) is 0. The van der Waals surface area contributed by atoms with E-state index < -0.39 is 10.5 Å². The molecule has 0 aliphatic heterocycles. The van der Waals surface area contributed by atoms with Crippen molar-refractivity contribution in [1.29, 1.82) is 0 Å². The molecule has 172 valence electrons. The molecule has 0 bridgehead atoms. The van der Waals surface area contributed by atoms with Crippen LogP contribution < -0.4 is 19.8 Å². The summed E-state index contributed by atoms with van der Waals surface area (Å²) in [5, 5.41) is 12.1. The number of hydrogen-bond acceptors (Lipinski definition) is 7. The van der Waals surface area contributed by atoms with E-state index in [9.17, 15) is 14.9 Å². The highest BCUT2D eigenvalue weighted by molar-refractivity contribution is 5.98. The largest absolute Gasteiger partial charge is 0.497 e. The molecule has 4 rings (SSSR count). The maximum absolute atomic E-state index is 12.9. The molecule has 0 radical (unpaired) electrons. The Labute approximate surface area is 194 Å². The van der Waals surface area contributed by atoms with Crippen LogP contribution in [0, 0.1) is 10.1 Å². The van der Waals surface area contributed by atoms with E-state index in [1.165, 1.54) is 26.4 Å². The normalized spacial score (nSPS) is 11.0. The van der Waals surface area contributed by atoms with Gasteiger partial charge < -0.3 is 18.6 Å². The first-order chi connectivity index (χ1) is 16.4. The first kappa shape index (κ1) is 22.6. The van der Waals surface area contributed by atoms with Crippen molar-refractivity contribution in [2.24, 2.45) is 0 Å². The maximum atomic E-state index is 12.9. The summed E-state index contributed by atoms with van der Waals surface area (Å²) >= 11 is 0. The van der Waals surface area contributed by atoms with Crippen LogP contribution in [0.3, 0.4) is 0 Å². The van der Waals surface area contributed by atoms with Crippen LogP contribution in [0.25, 0.3) is 34.2 Å². The number of hydrogen-bond donors (Lipinski definition) is 0. The number of ether oxygens (including phenoxy) is 3. The molecule has 0 saturated heterocycles. The Balaban J connectivity index is 1.98. The lowest BCUT2D eigenvalue weighted by Gasteiger charge is -2.13. The second kappa shape index (κ2) is 9.50. The minimum Gasteiger partial charge on any atom is -0.497 e. The number of nitrogens with zero attached hydrogens (tertiary/aromatic N) is 1. The fourth-order valence-corrected chi connectivity index (χ4v) is 3.64. The van der Waals surface area contributed by atoms with E-state index in [1.807, 2.05) is 0 Å². The minimum atomic E-state index is -0.533. The first-order valence-corrected chi connectivity index (χ1v) is 10.2. The molecule has 8 nitrogen and oxygen atoms in total. The van der Waals surface area contributed by atoms with Crippen molar-refractivity contribution in [3.8, 4) is 28.6 Å². The van der Waals surface area contributed by atoms with Gasteiger partial charge in [0.1, 0.15) is 11.5 Å². The van der Waals surface area contributed by atoms with Crippen molar-refractivity contribution in [1.82, 2.24) is 0 Å². The Morgan fingerprint density at radius 3 is 2.15 bits per heavy atom. The van der Waals surface area contributed by atoms with Gasteiger partial charge in [-0.05, 0) is 48.0 Å². The third-order valence-electron chi connectivity index (χ3n) is 5.35. The monoisotopic (exact) mass is 459 g/mol. The van der Waals surface area contributed by atoms with Crippen LogP contribution in [0.15, 0.2) is 69.9 Å². The highest BCUT2D eigenvalue weighted by Crippen LogP contribution is 2.37. The third kappa shape index (κ3) is 4.33. The summed E-state index contributed by atoms with van der Waals surface area (Å²) in [6, 6.07) is 16.6. The molecular weight excluding hydrogens is 438 g/mol. The van der Waals surface area contributed by atoms with Gasteiger partial charge in [-0.15, -0.1) is 0 Å². The topological polar surface area (TPSA) is 101 Å². The zero-order valence-electron chi connectivity index (χ0n) is 18.7. The Morgan fingerprint density at radius 2 is 1.53 bits per heavy atom. The smallest absolute Gasteiger partial charge is 0.344 e. The molecule has 0 aliphatic rings. The van der Waals surface area contributed by atoms with E-state index in [1.54, 1.807) is 67.8 Å². The lowest BCUT2D eigenvalue weighted by atomic mass is 9.99. The second-order valence-electron chi connectivity index (χ2n) is 7.30. The van der Waals surface area contributed by atoms with E-state index in [-0.39, 0.29) is 5.69 Å². The molecule has 0 saturated carbocycles. The average Bonchev–Trinajstić information content (AvgIpc) is 2.87. The third-order valence-corrected chi connectivity index (χ3v) is 5.35. The molecule has 3 aromatic carbocycles. The van der Waals surface area contributed by atoms with Crippen LogP contribution in [0.5, 0.6) is 17.2 Å². The van der Waals surface area contributed by atoms with Crippen LogP contribution in [-0.2, 0) is 0 Å². The molecule has 0 unspecified atom stereocenters. The fraction of sp³-hybridized carbons (Fsp3) is 0.115.